The van der Waals surface area contributed by atoms with Gasteiger partial charge in [0, 0.05) is 24.8 Å². The van der Waals surface area contributed by atoms with Crippen molar-refractivity contribution in [3.63, 3.8) is 0 Å². The van der Waals surface area contributed by atoms with Crippen molar-refractivity contribution in [2.24, 2.45) is 0 Å². The average molecular weight is 508 g/mol. The van der Waals surface area contributed by atoms with Gasteiger partial charge in [0.15, 0.2) is 0 Å². The number of amides is 3. The number of benzene rings is 1. The van der Waals surface area contributed by atoms with E-state index in [2.05, 4.69) is 21.5 Å². The summed E-state index contributed by atoms with van der Waals surface area (Å²) in [6.45, 7) is 11.4. The van der Waals surface area contributed by atoms with Gasteiger partial charge in [-0.3, -0.25) is 10.2 Å². The summed E-state index contributed by atoms with van der Waals surface area (Å²) in [6.07, 6.45) is 2.29. The van der Waals surface area contributed by atoms with Crippen LogP contribution < -0.4 is 26.4 Å². The van der Waals surface area contributed by atoms with Gasteiger partial charge >= 0.3 is 12.2 Å². The summed E-state index contributed by atoms with van der Waals surface area (Å²) >= 11 is 0. The topological polar surface area (TPSA) is 121 Å². The number of hydrazine groups is 1. The predicted octanol–water partition coefficient (Wildman–Crippen LogP) is 4.06. The van der Waals surface area contributed by atoms with Gasteiger partial charge in [0.1, 0.15) is 17.0 Å². The molecule has 1 saturated carbocycles. The molecule has 0 aromatic heterocycles. The second kappa shape index (κ2) is 10.8. The molecule has 1 aromatic rings. The maximum absolute atomic E-state index is 15.2. The minimum Gasteiger partial charge on any atom is -0.444 e. The first kappa shape index (κ1) is 27.3. The largest absolute Gasteiger partial charge is 0.444 e. The van der Waals surface area contributed by atoms with Crippen LogP contribution in [0.25, 0.3) is 0 Å². The Balaban J connectivity index is 1.72. The molecule has 0 bridgehead atoms. The summed E-state index contributed by atoms with van der Waals surface area (Å²) in [5.74, 6) is -1.24. The zero-order valence-electron chi connectivity index (χ0n) is 21.9. The summed E-state index contributed by atoms with van der Waals surface area (Å²) < 4.78 is 25.7. The van der Waals surface area contributed by atoms with Crippen LogP contribution in [0.15, 0.2) is 12.1 Å². The van der Waals surface area contributed by atoms with Crippen molar-refractivity contribution in [3.05, 3.63) is 23.5 Å². The highest BCUT2D eigenvalue weighted by Gasteiger charge is 2.30. The van der Waals surface area contributed by atoms with E-state index < -0.39 is 35.1 Å². The molecule has 3 amide bonds. The standard InChI is InChI=1S/C25H38FN5O5/c1-24(2,3)35-22(33)28-16-10-11-31(14-16)20-13-19(27-15-8-7-9-15)17(12-18(20)26)21(32)29-30-23(34)36-25(4,5)6/h12-13,15-16,27H,7-11,14H2,1-6H3,(H,28,33)(H,29,32)(H,30,34). The molecule has 1 heterocycles. The molecule has 2 fully saturated rings. The molecule has 1 aliphatic heterocycles. The maximum Gasteiger partial charge on any atom is 0.426 e. The van der Waals surface area contributed by atoms with Crippen LogP contribution in [0.3, 0.4) is 0 Å². The first-order valence-corrected chi connectivity index (χ1v) is 12.3. The van der Waals surface area contributed by atoms with Crippen LogP contribution in [-0.2, 0) is 9.47 Å². The lowest BCUT2D eigenvalue weighted by Gasteiger charge is -2.29. The molecule has 11 heteroatoms. The third-order valence-corrected chi connectivity index (χ3v) is 5.72. The monoisotopic (exact) mass is 507 g/mol. The second-order valence-corrected chi connectivity index (χ2v) is 11.3. The molecule has 0 spiro atoms. The highest BCUT2D eigenvalue weighted by molar-refractivity contribution is 6.01. The molecule has 36 heavy (non-hydrogen) atoms. The molecule has 2 aliphatic rings. The third kappa shape index (κ3) is 7.89. The number of alkyl carbamates (subject to hydrolysis) is 1. The minimum atomic E-state index is -0.818. The van der Waals surface area contributed by atoms with Gasteiger partial charge in [0.25, 0.3) is 5.91 Å². The van der Waals surface area contributed by atoms with Crippen LogP contribution in [0, 0.1) is 5.82 Å². The summed E-state index contributed by atoms with van der Waals surface area (Å²) in [4.78, 5) is 38.7. The van der Waals surface area contributed by atoms with Crippen molar-refractivity contribution in [1.29, 1.82) is 0 Å². The molecule has 1 aromatic carbocycles. The Morgan fingerprint density at radius 3 is 2.14 bits per heavy atom. The molecular weight excluding hydrogens is 469 g/mol. The van der Waals surface area contributed by atoms with Crippen LogP contribution in [0.5, 0.6) is 0 Å². The molecule has 3 rings (SSSR count). The Kier molecular flexibility index (Phi) is 8.20. The quantitative estimate of drug-likeness (QED) is 0.444. The number of anilines is 2. The number of rotatable bonds is 5. The van der Waals surface area contributed by atoms with Crippen molar-refractivity contribution in [1.82, 2.24) is 16.2 Å². The van der Waals surface area contributed by atoms with Crippen LogP contribution >= 0.6 is 0 Å². The molecule has 1 aliphatic carbocycles. The number of hydrogen-bond donors (Lipinski definition) is 4. The summed E-state index contributed by atoms with van der Waals surface area (Å²) in [5.41, 5.74) is 4.04. The zero-order chi connectivity index (χ0) is 26.7. The van der Waals surface area contributed by atoms with Crippen LogP contribution in [0.4, 0.5) is 25.4 Å². The van der Waals surface area contributed by atoms with E-state index in [1.54, 1.807) is 47.6 Å². The third-order valence-electron chi connectivity index (χ3n) is 5.72. The van der Waals surface area contributed by atoms with Crippen molar-refractivity contribution in [3.8, 4) is 0 Å². The van der Waals surface area contributed by atoms with E-state index in [-0.39, 0.29) is 17.6 Å². The number of ether oxygens (including phenoxy) is 2. The van der Waals surface area contributed by atoms with E-state index in [4.69, 9.17) is 9.47 Å². The van der Waals surface area contributed by atoms with Crippen molar-refractivity contribution < 1.29 is 28.2 Å². The van der Waals surface area contributed by atoms with Gasteiger partial charge in [-0.15, -0.1) is 0 Å². The molecule has 1 saturated heterocycles. The van der Waals surface area contributed by atoms with E-state index in [9.17, 15) is 14.4 Å². The fourth-order valence-corrected chi connectivity index (χ4v) is 3.93. The van der Waals surface area contributed by atoms with Crippen molar-refractivity contribution in [2.75, 3.05) is 23.3 Å². The van der Waals surface area contributed by atoms with Crippen LogP contribution in [-0.4, -0.2) is 54.5 Å². The van der Waals surface area contributed by atoms with Gasteiger partial charge in [-0.05, 0) is 79.4 Å². The Bertz CT molecular complexity index is 984. The molecule has 4 N–H and O–H groups in total. The maximum atomic E-state index is 15.2. The van der Waals surface area contributed by atoms with Crippen molar-refractivity contribution >= 4 is 29.5 Å². The first-order chi connectivity index (χ1) is 16.7. The van der Waals surface area contributed by atoms with E-state index in [0.717, 1.165) is 25.3 Å². The van der Waals surface area contributed by atoms with Crippen LogP contribution in [0.1, 0.15) is 77.6 Å². The van der Waals surface area contributed by atoms with Gasteiger partial charge in [0.05, 0.1) is 17.3 Å². The number of hydrogen-bond acceptors (Lipinski definition) is 7. The van der Waals surface area contributed by atoms with E-state index in [0.29, 0.717) is 30.9 Å². The average Bonchev–Trinajstić information content (AvgIpc) is 3.14. The Labute approximate surface area is 211 Å². The van der Waals surface area contributed by atoms with E-state index in [1.807, 2.05) is 4.90 Å². The van der Waals surface area contributed by atoms with Gasteiger partial charge in [-0.2, -0.15) is 0 Å². The van der Waals surface area contributed by atoms with E-state index >= 15 is 4.39 Å². The summed E-state index contributed by atoms with van der Waals surface area (Å²) in [7, 11) is 0. The lowest BCUT2D eigenvalue weighted by Crippen LogP contribution is -2.44. The molecule has 1 unspecified atom stereocenters. The Hall–Kier alpha value is -3.24. The number of halogens is 1. The number of carbonyl (C=O) groups excluding carboxylic acids is 3. The zero-order valence-corrected chi connectivity index (χ0v) is 21.9. The summed E-state index contributed by atoms with van der Waals surface area (Å²) in [5, 5.41) is 6.16. The van der Waals surface area contributed by atoms with Gasteiger partial charge in [-0.25, -0.2) is 19.4 Å². The van der Waals surface area contributed by atoms with Gasteiger partial charge in [-0.1, -0.05) is 0 Å². The molecular formula is C25H38FN5O5. The minimum absolute atomic E-state index is 0.0711. The first-order valence-electron chi connectivity index (χ1n) is 12.3. The molecule has 10 nitrogen and oxygen atoms in total. The highest BCUT2D eigenvalue weighted by Crippen LogP contribution is 2.32. The fraction of sp³-hybridized carbons (Fsp3) is 0.640. The van der Waals surface area contributed by atoms with Gasteiger partial charge in [0.2, 0.25) is 0 Å². The van der Waals surface area contributed by atoms with Gasteiger partial charge < -0.3 is 25.0 Å². The lowest BCUT2D eigenvalue weighted by molar-refractivity contribution is 0.0480. The summed E-state index contributed by atoms with van der Waals surface area (Å²) in [6, 6.07) is 2.78. The molecule has 0 radical (unpaired) electrons. The molecule has 200 valence electrons. The number of nitrogens with one attached hydrogen (secondary N) is 4. The van der Waals surface area contributed by atoms with Crippen molar-refractivity contribution in [2.45, 2.75) is 90.5 Å². The molecule has 1 atom stereocenters. The second-order valence-electron chi connectivity index (χ2n) is 11.3. The smallest absolute Gasteiger partial charge is 0.426 e. The van der Waals surface area contributed by atoms with E-state index in [1.165, 1.54) is 0 Å². The predicted molar refractivity (Wildman–Crippen MR) is 134 cm³/mol. The Morgan fingerprint density at radius 2 is 1.56 bits per heavy atom. The lowest BCUT2D eigenvalue weighted by atomic mass is 9.92. The Morgan fingerprint density at radius 1 is 0.917 bits per heavy atom. The highest BCUT2D eigenvalue weighted by atomic mass is 19.1. The fourth-order valence-electron chi connectivity index (χ4n) is 3.93. The SMILES string of the molecule is CC(C)(C)OC(=O)NNC(=O)c1cc(F)c(N2CCC(NC(=O)OC(C)(C)C)C2)cc1NC1CCC1. The van der Waals surface area contributed by atoms with Crippen LogP contribution in [0.2, 0.25) is 0 Å². The number of nitrogens with zero attached hydrogens (tertiary/aromatic N) is 1. The normalized spacial score (nSPS) is 18.2. The number of carbonyl (C=O) groups is 3.